The number of aryl methyl sites for hydroxylation is 2. The average Bonchev–Trinajstić information content (AvgIpc) is 2.40. The van der Waals surface area contributed by atoms with E-state index in [9.17, 15) is 12.8 Å². The van der Waals surface area contributed by atoms with Crippen LogP contribution in [-0.4, -0.2) is 14.3 Å². The largest absolute Gasteiger partial charge is 0.280 e. The van der Waals surface area contributed by atoms with Gasteiger partial charge >= 0.3 is 0 Å². The van der Waals surface area contributed by atoms with Crippen LogP contribution in [0, 0.1) is 12.7 Å². The Labute approximate surface area is 128 Å². The molecule has 0 aliphatic heterocycles. The Bertz CT molecular complexity index is 730. The van der Waals surface area contributed by atoms with Gasteiger partial charge in [0, 0.05) is 11.6 Å². The van der Waals surface area contributed by atoms with Gasteiger partial charge in [0.15, 0.2) is 0 Å². The van der Waals surface area contributed by atoms with Gasteiger partial charge in [-0.15, -0.1) is 11.6 Å². The lowest BCUT2D eigenvalue weighted by Crippen LogP contribution is -2.14. The number of alkyl halides is 1. The molecule has 21 heavy (non-hydrogen) atoms. The van der Waals surface area contributed by atoms with E-state index in [2.05, 4.69) is 4.72 Å². The zero-order chi connectivity index (χ0) is 15.5. The number of nitrogens with one attached hydrogen (secondary N) is 1. The zero-order valence-electron chi connectivity index (χ0n) is 11.4. The predicted octanol–water partition coefficient (Wildman–Crippen LogP) is 3.72. The van der Waals surface area contributed by atoms with E-state index in [1.165, 1.54) is 12.1 Å². The maximum absolute atomic E-state index is 13.1. The normalized spacial score (nSPS) is 11.4. The molecule has 0 saturated carbocycles. The monoisotopic (exact) mass is 327 g/mol. The number of benzene rings is 2. The molecule has 0 aliphatic rings. The number of halogens is 2. The predicted molar refractivity (Wildman–Crippen MR) is 82.8 cm³/mol. The summed E-state index contributed by atoms with van der Waals surface area (Å²) in [5.41, 5.74) is 1.85. The molecule has 0 unspecified atom stereocenters. The Balaban J connectivity index is 2.24. The first kappa shape index (κ1) is 15.8. The first-order valence-corrected chi connectivity index (χ1v) is 8.38. The number of hydrogen-bond acceptors (Lipinski definition) is 2. The van der Waals surface area contributed by atoms with Crippen LogP contribution in [0.2, 0.25) is 0 Å². The van der Waals surface area contributed by atoms with Gasteiger partial charge in [-0.1, -0.05) is 12.1 Å². The van der Waals surface area contributed by atoms with Gasteiger partial charge in [-0.3, -0.25) is 4.72 Å². The lowest BCUT2D eigenvalue weighted by molar-refractivity contribution is 0.598. The first-order valence-electron chi connectivity index (χ1n) is 6.36. The molecule has 0 saturated heterocycles. The number of hydrogen-bond donors (Lipinski definition) is 1. The minimum Gasteiger partial charge on any atom is -0.280 e. The van der Waals surface area contributed by atoms with Gasteiger partial charge < -0.3 is 0 Å². The molecule has 0 heterocycles. The highest BCUT2D eigenvalue weighted by molar-refractivity contribution is 7.92. The quantitative estimate of drug-likeness (QED) is 0.851. The highest BCUT2D eigenvalue weighted by Gasteiger charge is 2.17. The van der Waals surface area contributed by atoms with Crippen LogP contribution in [0.3, 0.4) is 0 Å². The molecule has 6 heteroatoms. The molecule has 2 rings (SSSR count). The van der Waals surface area contributed by atoms with Crippen molar-refractivity contribution in [2.24, 2.45) is 0 Å². The second-order valence-corrected chi connectivity index (χ2v) is 6.68. The lowest BCUT2D eigenvalue weighted by Gasteiger charge is -2.11. The molecule has 0 fully saturated rings. The van der Waals surface area contributed by atoms with Gasteiger partial charge in [0.25, 0.3) is 10.0 Å². The van der Waals surface area contributed by atoms with Crippen molar-refractivity contribution in [3.63, 3.8) is 0 Å². The summed E-state index contributed by atoms with van der Waals surface area (Å²) in [6, 6.07) is 10.6. The van der Waals surface area contributed by atoms with Crippen molar-refractivity contribution in [3.05, 3.63) is 59.4 Å². The van der Waals surface area contributed by atoms with Crippen molar-refractivity contribution in [3.8, 4) is 0 Å². The summed E-state index contributed by atoms with van der Waals surface area (Å²) in [4.78, 5) is 0.0636. The van der Waals surface area contributed by atoms with E-state index in [0.29, 0.717) is 17.1 Å². The summed E-state index contributed by atoms with van der Waals surface area (Å²) >= 11 is 5.65. The van der Waals surface area contributed by atoms with Crippen molar-refractivity contribution >= 4 is 27.3 Å². The van der Waals surface area contributed by atoms with Crippen LogP contribution in [0.1, 0.15) is 11.1 Å². The Morgan fingerprint density at radius 1 is 1.14 bits per heavy atom. The summed E-state index contributed by atoms with van der Waals surface area (Å²) in [6.45, 7) is 1.56. The van der Waals surface area contributed by atoms with Gasteiger partial charge in [-0.2, -0.15) is 0 Å². The lowest BCUT2D eigenvalue weighted by atomic mass is 10.2. The van der Waals surface area contributed by atoms with Crippen molar-refractivity contribution < 1.29 is 12.8 Å². The molecule has 112 valence electrons. The van der Waals surface area contributed by atoms with E-state index in [0.717, 1.165) is 18.1 Å². The van der Waals surface area contributed by atoms with Crippen LogP contribution < -0.4 is 4.72 Å². The van der Waals surface area contributed by atoms with E-state index in [1.807, 2.05) is 12.1 Å². The van der Waals surface area contributed by atoms with Crippen molar-refractivity contribution in [1.29, 1.82) is 0 Å². The molecular formula is C15H15ClFNO2S. The van der Waals surface area contributed by atoms with Crippen molar-refractivity contribution in [2.75, 3.05) is 10.6 Å². The van der Waals surface area contributed by atoms with Crippen LogP contribution in [0.25, 0.3) is 0 Å². The van der Waals surface area contributed by atoms with Gasteiger partial charge in [0.1, 0.15) is 5.82 Å². The number of anilines is 1. The summed E-state index contributed by atoms with van der Waals surface area (Å²) in [6.07, 6.45) is 0.728. The van der Waals surface area contributed by atoms with Crippen LogP contribution >= 0.6 is 11.6 Å². The smallest absolute Gasteiger partial charge is 0.262 e. The highest BCUT2D eigenvalue weighted by Crippen LogP contribution is 2.20. The van der Waals surface area contributed by atoms with E-state index in [-0.39, 0.29) is 4.90 Å². The summed E-state index contributed by atoms with van der Waals surface area (Å²) in [7, 11) is -3.73. The standard InChI is InChI=1S/C15H15ClFNO2S/c1-11-10-13(17)4-7-15(11)21(19,20)18-14-5-2-12(3-6-14)8-9-16/h2-7,10,18H,8-9H2,1H3. The summed E-state index contributed by atoms with van der Waals surface area (Å²) < 4.78 is 40.1. The molecule has 0 atom stereocenters. The first-order chi connectivity index (χ1) is 9.92. The van der Waals surface area contributed by atoms with Crippen LogP contribution in [0.5, 0.6) is 0 Å². The maximum atomic E-state index is 13.1. The molecule has 1 N–H and O–H groups in total. The molecule has 0 bridgehead atoms. The molecule has 3 nitrogen and oxygen atoms in total. The summed E-state index contributed by atoms with van der Waals surface area (Å²) in [5.74, 6) is 0.0525. The topological polar surface area (TPSA) is 46.2 Å². The average molecular weight is 328 g/mol. The van der Waals surface area contributed by atoms with Gasteiger partial charge in [-0.05, 0) is 54.8 Å². The Hall–Kier alpha value is -1.59. The number of sulfonamides is 1. The van der Waals surface area contributed by atoms with Crippen molar-refractivity contribution in [1.82, 2.24) is 0 Å². The molecule has 0 amide bonds. The Morgan fingerprint density at radius 2 is 1.81 bits per heavy atom. The molecule has 2 aromatic rings. The van der Waals surface area contributed by atoms with E-state index in [1.54, 1.807) is 19.1 Å². The number of rotatable bonds is 5. The Morgan fingerprint density at radius 3 is 2.38 bits per heavy atom. The van der Waals surface area contributed by atoms with Crippen LogP contribution in [0.15, 0.2) is 47.4 Å². The van der Waals surface area contributed by atoms with Gasteiger partial charge in [0.2, 0.25) is 0 Å². The SMILES string of the molecule is Cc1cc(F)ccc1S(=O)(=O)Nc1ccc(CCCl)cc1. The minimum absolute atomic E-state index is 0.0636. The minimum atomic E-state index is -3.73. The third kappa shape index (κ3) is 3.95. The van der Waals surface area contributed by atoms with E-state index in [4.69, 9.17) is 11.6 Å². The second-order valence-electron chi connectivity index (χ2n) is 4.65. The fraction of sp³-hybridized carbons (Fsp3) is 0.200. The molecule has 0 radical (unpaired) electrons. The highest BCUT2D eigenvalue weighted by atomic mass is 35.5. The van der Waals surface area contributed by atoms with Gasteiger partial charge in [0.05, 0.1) is 4.90 Å². The summed E-state index contributed by atoms with van der Waals surface area (Å²) in [5, 5.41) is 0. The second kappa shape index (κ2) is 6.45. The fourth-order valence-electron chi connectivity index (χ4n) is 1.97. The molecular weight excluding hydrogens is 313 g/mol. The van der Waals surface area contributed by atoms with Crippen LogP contribution in [0.4, 0.5) is 10.1 Å². The molecule has 0 aliphatic carbocycles. The van der Waals surface area contributed by atoms with E-state index < -0.39 is 15.8 Å². The van der Waals surface area contributed by atoms with E-state index >= 15 is 0 Å². The Kier molecular flexibility index (Phi) is 4.85. The zero-order valence-corrected chi connectivity index (χ0v) is 13.0. The molecule has 0 aromatic heterocycles. The third-order valence-electron chi connectivity index (χ3n) is 3.02. The van der Waals surface area contributed by atoms with Crippen LogP contribution in [-0.2, 0) is 16.4 Å². The fourth-order valence-corrected chi connectivity index (χ4v) is 3.48. The van der Waals surface area contributed by atoms with Crippen molar-refractivity contribution in [2.45, 2.75) is 18.2 Å². The van der Waals surface area contributed by atoms with Gasteiger partial charge in [-0.25, -0.2) is 12.8 Å². The third-order valence-corrected chi connectivity index (χ3v) is 4.75. The molecule has 2 aromatic carbocycles. The molecule has 0 spiro atoms. The maximum Gasteiger partial charge on any atom is 0.262 e.